The normalized spacial score (nSPS) is 56.7. The summed E-state index contributed by atoms with van der Waals surface area (Å²) in [7, 11) is 0. The van der Waals surface area contributed by atoms with E-state index in [1.54, 1.807) is 5.57 Å². The molecule has 2 spiro atoms. The third-order valence-corrected chi connectivity index (χ3v) is 9.96. The molecule has 2 heterocycles. The van der Waals surface area contributed by atoms with Gasteiger partial charge in [-0.25, -0.2) is 0 Å². The van der Waals surface area contributed by atoms with E-state index in [0.29, 0.717) is 24.7 Å². The summed E-state index contributed by atoms with van der Waals surface area (Å²) in [4.78, 5) is 24.2. The zero-order valence-corrected chi connectivity index (χ0v) is 16.1. The van der Waals surface area contributed by atoms with Gasteiger partial charge in [-0.3, -0.25) is 9.59 Å². The second-order valence-electron chi connectivity index (χ2n) is 10.6. The van der Waals surface area contributed by atoms with Crippen molar-refractivity contribution in [1.29, 1.82) is 0 Å². The highest BCUT2D eigenvalue weighted by molar-refractivity contribution is 5.93. The SMILES string of the molecule is C[C@]12CCC(=O)C=C1C1=C(C1)C1C3CC[C@@]4(CCC(=O)O4)[C@@]3(C)C[C@H]3O[C@@]132. The van der Waals surface area contributed by atoms with Crippen molar-refractivity contribution >= 4 is 11.8 Å². The third-order valence-electron chi connectivity index (χ3n) is 9.96. The molecule has 0 N–H and O–H groups in total. The van der Waals surface area contributed by atoms with E-state index in [4.69, 9.17) is 9.47 Å². The molecule has 7 rings (SSSR count). The summed E-state index contributed by atoms with van der Waals surface area (Å²) in [5, 5.41) is 0. The number of carbonyl (C=O) groups is 2. The molecular formula is C23H26O4. The van der Waals surface area contributed by atoms with E-state index in [-0.39, 0.29) is 39.9 Å². The zero-order chi connectivity index (χ0) is 18.4. The summed E-state index contributed by atoms with van der Waals surface area (Å²) in [6, 6.07) is 0. The van der Waals surface area contributed by atoms with Crippen LogP contribution in [0, 0.1) is 22.7 Å². The summed E-state index contributed by atoms with van der Waals surface area (Å²) in [5.74, 6) is 1.27. The van der Waals surface area contributed by atoms with Crippen LogP contribution in [-0.2, 0) is 19.1 Å². The second kappa shape index (κ2) is 4.12. The molecule has 0 radical (unpaired) electrons. The topological polar surface area (TPSA) is 55.9 Å². The Labute approximate surface area is 159 Å². The van der Waals surface area contributed by atoms with Crippen molar-refractivity contribution in [2.75, 3.05) is 0 Å². The summed E-state index contributed by atoms with van der Waals surface area (Å²) in [6.07, 6.45) is 9.43. The first-order valence-electron chi connectivity index (χ1n) is 10.7. The molecule has 0 aromatic carbocycles. The van der Waals surface area contributed by atoms with Gasteiger partial charge in [0.2, 0.25) is 0 Å². The van der Waals surface area contributed by atoms with Gasteiger partial charge in [0.15, 0.2) is 5.78 Å². The Morgan fingerprint density at radius 2 is 1.96 bits per heavy atom. The van der Waals surface area contributed by atoms with Gasteiger partial charge in [-0.05, 0) is 61.7 Å². The van der Waals surface area contributed by atoms with Crippen molar-refractivity contribution in [2.24, 2.45) is 22.7 Å². The van der Waals surface area contributed by atoms with Crippen LogP contribution in [-0.4, -0.2) is 29.1 Å². The molecule has 4 nitrogen and oxygen atoms in total. The molecule has 2 saturated heterocycles. The maximum absolute atomic E-state index is 12.1. The summed E-state index contributed by atoms with van der Waals surface area (Å²) in [5.41, 5.74) is 3.97. The van der Waals surface area contributed by atoms with Crippen LogP contribution in [0.1, 0.15) is 65.2 Å². The van der Waals surface area contributed by atoms with E-state index >= 15 is 0 Å². The Morgan fingerprint density at radius 3 is 2.74 bits per heavy atom. The maximum Gasteiger partial charge on any atom is 0.306 e. The van der Waals surface area contributed by atoms with E-state index < -0.39 is 0 Å². The summed E-state index contributed by atoms with van der Waals surface area (Å²) < 4.78 is 12.7. The Kier molecular flexibility index (Phi) is 2.37. The first-order valence-corrected chi connectivity index (χ1v) is 10.7. The summed E-state index contributed by atoms with van der Waals surface area (Å²) in [6.45, 7) is 4.75. The predicted octanol–water partition coefficient (Wildman–Crippen LogP) is 3.65. The molecule has 2 unspecified atom stereocenters. The molecule has 0 bridgehead atoms. The zero-order valence-electron chi connectivity index (χ0n) is 16.1. The predicted molar refractivity (Wildman–Crippen MR) is 96.7 cm³/mol. The van der Waals surface area contributed by atoms with Gasteiger partial charge >= 0.3 is 5.97 Å². The average Bonchev–Trinajstić information content (AvgIpc) is 3.49. The quantitative estimate of drug-likeness (QED) is 0.485. The number of rotatable bonds is 0. The molecular weight excluding hydrogens is 340 g/mol. The minimum absolute atomic E-state index is 0.0108. The van der Waals surface area contributed by atoms with Crippen LogP contribution in [0.4, 0.5) is 0 Å². The lowest BCUT2D eigenvalue weighted by Crippen LogP contribution is -2.58. The number of hydrogen-bond donors (Lipinski definition) is 0. The summed E-state index contributed by atoms with van der Waals surface area (Å²) >= 11 is 0. The van der Waals surface area contributed by atoms with Gasteiger partial charge < -0.3 is 9.47 Å². The molecule has 7 atom stereocenters. The van der Waals surface area contributed by atoms with Crippen molar-refractivity contribution in [3.05, 3.63) is 22.8 Å². The number of fused-ring (bicyclic) bond motifs is 6. The number of ketones is 1. The fourth-order valence-corrected chi connectivity index (χ4v) is 8.53. The maximum atomic E-state index is 12.1. The molecule has 142 valence electrons. The highest BCUT2D eigenvalue weighted by atomic mass is 16.6. The van der Waals surface area contributed by atoms with Crippen molar-refractivity contribution < 1.29 is 19.1 Å². The number of carbonyl (C=O) groups excluding carboxylic acids is 2. The van der Waals surface area contributed by atoms with Crippen LogP contribution in [0.15, 0.2) is 22.8 Å². The molecule has 5 aliphatic carbocycles. The second-order valence-corrected chi connectivity index (χ2v) is 10.6. The first kappa shape index (κ1) is 15.5. The van der Waals surface area contributed by atoms with Crippen LogP contribution in [0.2, 0.25) is 0 Å². The minimum atomic E-state index is -0.262. The van der Waals surface area contributed by atoms with Gasteiger partial charge in [0.05, 0.1) is 6.10 Å². The number of hydrogen-bond acceptors (Lipinski definition) is 4. The van der Waals surface area contributed by atoms with Crippen LogP contribution in [0.25, 0.3) is 0 Å². The van der Waals surface area contributed by atoms with Crippen molar-refractivity contribution in [3.63, 3.8) is 0 Å². The van der Waals surface area contributed by atoms with Gasteiger partial charge in [-0.15, -0.1) is 0 Å². The fourth-order valence-electron chi connectivity index (χ4n) is 8.53. The van der Waals surface area contributed by atoms with Crippen molar-refractivity contribution in [2.45, 2.75) is 82.5 Å². The largest absolute Gasteiger partial charge is 0.458 e. The number of epoxide rings is 1. The third kappa shape index (κ3) is 1.43. The molecule has 2 aliphatic heterocycles. The first-order chi connectivity index (χ1) is 12.8. The highest BCUT2D eigenvalue weighted by Gasteiger charge is 2.83. The standard InChI is InChI=1S/C23H26O4/c1-20-6-3-12(24)9-16(20)13-10-14(13)19-15-4-7-22(8-5-18(25)27-22)21(15,2)11-17-23(19,20)26-17/h9,15,17,19H,3-8,10-11H2,1-2H3/t15?,17-,19?,20+,21+,22-,23-/m1/s1. The van der Waals surface area contributed by atoms with E-state index in [2.05, 4.69) is 13.8 Å². The average molecular weight is 366 g/mol. The Morgan fingerprint density at radius 1 is 1.11 bits per heavy atom. The molecule has 4 heteroatoms. The lowest BCUT2D eigenvalue weighted by atomic mass is 9.47. The van der Waals surface area contributed by atoms with E-state index in [1.807, 2.05) is 6.08 Å². The van der Waals surface area contributed by atoms with E-state index in [0.717, 1.165) is 38.5 Å². The van der Waals surface area contributed by atoms with Crippen molar-refractivity contribution in [1.82, 2.24) is 0 Å². The van der Waals surface area contributed by atoms with Gasteiger partial charge in [0.25, 0.3) is 0 Å². The van der Waals surface area contributed by atoms with Gasteiger partial charge in [0, 0.05) is 29.6 Å². The smallest absolute Gasteiger partial charge is 0.306 e. The van der Waals surface area contributed by atoms with Gasteiger partial charge in [-0.2, -0.15) is 0 Å². The van der Waals surface area contributed by atoms with Gasteiger partial charge in [0.1, 0.15) is 11.2 Å². The van der Waals surface area contributed by atoms with Crippen LogP contribution in [0.5, 0.6) is 0 Å². The lowest BCUT2D eigenvalue weighted by Gasteiger charge is -2.54. The number of ether oxygens (including phenoxy) is 2. The fraction of sp³-hybridized carbons (Fsp3) is 0.739. The number of allylic oxidation sites excluding steroid dienone is 2. The molecule has 4 fully saturated rings. The molecule has 0 aromatic rings. The van der Waals surface area contributed by atoms with E-state index in [1.165, 1.54) is 11.1 Å². The molecule has 0 aromatic heterocycles. The monoisotopic (exact) mass is 366 g/mol. The van der Waals surface area contributed by atoms with Crippen LogP contribution >= 0.6 is 0 Å². The van der Waals surface area contributed by atoms with Crippen LogP contribution < -0.4 is 0 Å². The number of esters is 1. The van der Waals surface area contributed by atoms with E-state index in [9.17, 15) is 9.59 Å². The molecule has 27 heavy (non-hydrogen) atoms. The van der Waals surface area contributed by atoms with Crippen molar-refractivity contribution in [3.8, 4) is 0 Å². The lowest BCUT2D eigenvalue weighted by molar-refractivity contribution is -0.162. The Bertz CT molecular complexity index is 913. The molecule has 7 aliphatic rings. The Hall–Kier alpha value is -1.42. The van der Waals surface area contributed by atoms with Crippen LogP contribution in [0.3, 0.4) is 0 Å². The molecule has 2 saturated carbocycles. The minimum Gasteiger partial charge on any atom is -0.458 e. The van der Waals surface area contributed by atoms with Gasteiger partial charge in [-0.1, -0.05) is 19.4 Å². The molecule has 0 amide bonds. The highest BCUT2D eigenvalue weighted by Crippen LogP contribution is 2.80. The Balaban J connectivity index is 1.39.